The summed E-state index contributed by atoms with van der Waals surface area (Å²) in [7, 11) is 0. The van der Waals surface area contributed by atoms with Crippen LogP contribution in [0.1, 0.15) is 19.4 Å². The molecule has 0 saturated heterocycles. The van der Waals surface area contributed by atoms with Crippen molar-refractivity contribution in [1.29, 1.82) is 0 Å². The molecule has 0 atom stereocenters. The highest BCUT2D eigenvalue weighted by atomic mass is 35.5. The smallest absolute Gasteiger partial charge is 0.233 e. The van der Waals surface area contributed by atoms with E-state index in [1.165, 1.54) is 23.5 Å². The van der Waals surface area contributed by atoms with Crippen molar-refractivity contribution in [1.82, 2.24) is 9.88 Å². The fourth-order valence-electron chi connectivity index (χ4n) is 2.98. The molecule has 0 spiro atoms. The van der Waals surface area contributed by atoms with Gasteiger partial charge in [-0.05, 0) is 36.9 Å². The van der Waals surface area contributed by atoms with E-state index in [0.717, 1.165) is 35.4 Å². The van der Waals surface area contributed by atoms with E-state index in [1.54, 1.807) is 11.0 Å². The van der Waals surface area contributed by atoms with Crippen molar-refractivity contribution in [2.24, 2.45) is 0 Å². The zero-order valence-corrected chi connectivity index (χ0v) is 17.7. The van der Waals surface area contributed by atoms with Crippen LogP contribution >= 0.6 is 23.7 Å². The molecule has 0 unspecified atom stereocenters. The van der Waals surface area contributed by atoms with Gasteiger partial charge in [0.05, 0.1) is 16.6 Å². The van der Waals surface area contributed by atoms with Crippen molar-refractivity contribution in [3.63, 3.8) is 0 Å². The zero-order chi connectivity index (χ0) is 19.2. The standard InChI is InChI=1S/C21H24FN3OS.ClH/c1-3-24(4-2)12-13-25(20(26)14-16-8-6-5-7-9-16)21-23-18-11-10-17(22)15-19(18)27-21;/h5-11,15H,3-4,12-14H2,1-2H3;1H. The highest BCUT2D eigenvalue weighted by Gasteiger charge is 2.20. The summed E-state index contributed by atoms with van der Waals surface area (Å²) in [6.07, 6.45) is 0.323. The highest BCUT2D eigenvalue weighted by molar-refractivity contribution is 7.22. The molecule has 3 rings (SSSR count). The minimum absolute atomic E-state index is 0. The number of carbonyl (C=O) groups excluding carboxylic acids is 1. The van der Waals surface area contributed by atoms with E-state index in [-0.39, 0.29) is 24.1 Å². The van der Waals surface area contributed by atoms with Crippen LogP contribution < -0.4 is 4.90 Å². The van der Waals surface area contributed by atoms with E-state index in [4.69, 9.17) is 0 Å². The molecule has 28 heavy (non-hydrogen) atoms. The molecule has 0 fully saturated rings. The van der Waals surface area contributed by atoms with Crippen molar-refractivity contribution in [2.45, 2.75) is 20.3 Å². The molecule has 0 N–H and O–H groups in total. The maximum atomic E-state index is 13.5. The number of carbonyl (C=O) groups is 1. The lowest BCUT2D eigenvalue weighted by Crippen LogP contribution is -2.39. The van der Waals surface area contributed by atoms with Crippen molar-refractivity contribution < 1.29 is 9.18 Å². The number of nitrogens with zero attached hydrogens (tertiary/aromatic N) is 3. The van der Waals surface area contributed by atoms with Crippen LogP contribution in [0, 0.1) is 5.82 Å². The molecule has 150 valence electrons. The van der Waals surface area contributed by atoms with Gasteiger partial charge in [0.2, 0.25) is 5.91 Å². The monoisotopic (exact) mass is 421 g/mol. The van der Waals surface area contributed by atoms with Gasteiger partial charge in [-0.1, -0.05) is 55.5 Å². The predicted molar refractivity (Wildman–Crippen MR) is 117 cm³/mol. The van der Waals surface area contributed by atoms with Crippen LogP contribution in [-0.2, 0) is 11.2 Å². The topological polar surface area (TPSA) is 36.4 Å². The SMILES string of the molecule is CCN(CC)CCN(C(=O)Cc1ccccc1)c1nc2ccc(F)cc2s1.Cl. The average Bonchev–Trinajstić information content (AvgIpc) is 3.08. The van der Waals surface area contributed by atoms with Gasteiger partial charge in [-0.25, -0.2) is 9.37 Å². The molecule has 7 heteroatoms. The number of hydrogen-bond donors (Lipinski definition) is 0. The number of likely N-dealkylation sites (N-methyl/N-ethyl adjacent to an activating group) is 1. The number of fused-ring (bicyclic) bond motifs is 1. The number of amides is 1. The number of hydrogen-bond acceptors (Lipinski definition) is 4. The van der Waals surface area contributed by atoms with Crippen LogP contribution in [-0.4, -0.2) is 42.0 Å². The lowest BCUT2D eigenvalue weighted by molar-refractivity contribution is -0.118. The first-order chi connectivity index (χ1) is 13.1. The summed E-state index contributed by atoms with van der Waals surface area (Å²) in [5, 5.41) is 0.628. The summed E-state index contributed by atoms with van der Waals surface area (Å²) in [6, 6.07) is 14.2. The van der Waals surface area contributed by atoms with Crippen LogP contribution in [0.25, 0.3) is 10.2 Å². The Hall–Kier alpha value is -2.02. The minimum Gasteiger partial charge on any atom is -0.302 e. The van der Waals surface area contributed by atoms with E-state index >= 15 is 0 Å². The van der Waals surface area contributed by atoms with E-state index in [9.17, 15) is 9.18 Å². The average molecular weight is 422 g/mol. The zero-order valence-electron chi connectivity index (χ0n) is 16.1. The normalized spacial score (nSPS) is 10.9. The maximum Gasteiger partial charge on any atom is 0.233 e. The van der Waals surface area contributed by atoms with Gasteiger partial charge in [-0.15, -0.1) is 12.4 Å². The van der Waals surface area contributed by atoms with Gasteiger partial charge >= 0.3 is 0 Å². The largest absolute Gasteiger partial charge is 0.302 e. The van der Waals surface area contributed by atoms with Crippen LogP contribution in [0.5, 0.6) is 0 Å². The molecule has 1 heterocycles. The first kappa shape index (κ1) is 22.3. The molecule has 4 nitrogen and oxygen atoms in total. The van der Waals surface area contributed by atoms with Crippen molar-refractivity contribution in [3.8, 4) is 0 Å². The number of anilines is 1. The van der Waals surface area contributed by atoms with Crippen molar-refractivity contribution in [3.05, 3.63) is 59.9 Å². The Bertz CT molecular complexity index is 899. The van der Waals surface area contributed by atoms with Gasteiger partial charge in [0, 0.05) is 13.1 Å². The van der Waals surface area contributed by atoms with Crippen LogP contribution in [0.2, 0.25) is 0 Å². The third kappa shape index (κ3) is 5.50. The lowest BCUT2D eigenvalue weighted by Gasteiger charge is -2.24. The van der Waals surface area contributed by atoms with Gasteiger partial charge in [-0.3, -0.25) is 9.69 Å². The molecular formula is C21H25ClFN3OS. The molecule has 0 bridgehead atoms. The number of halogens is 2. The van der Waals surface area contributed by atoms with Gasteiger partial charge in [0.1, 0.15) is 5.82 Å². The van der Waals surface area contributed by atoms with Crippen LogP contribution in [0.4, 0.5) is 9.52 Å². The van der Waals surface area contributed by atoms with Gasteiger partial charge in [-0.2, -0.15) is 0 Å². The number of rotatable bonds is 8. The van der Waals surface area contributed by atoms with E-state index in [1.807, 2.05) is 30.3 Å². The molecule has 1 aromatic heterocycles. The number of aromatic nitrogens is 1. The Morgan fingerprint density at radius 3 is 2.46 bits per heavy atom. The fraction of sp³-hybridized carbons (Fsp3) is 0.333. The molecule has 0 aliphatic heterocycles. The summed E-state index contributed by atoms with van der Waals surface area (Å²) in [5.41, 5.74) is 1.69. The van der Waals surface area contributed by atoms with E-state index in [2.05, 4.69) is 23.7 Å². The Labute approximate surface area is 175 Å². The predicted octanol–water partition coefficient (Wildman–Crippen LogP) is 4.77. The minimum atomic E-state index is -0.289. The first-order valence-corrected chi connectivity index (χ1v) is 10.0. The second-order valence-electron chi connectivity index (χ2n) is 6.34. The van der Waals surface area contributed by atoms with Crippen LogP contribution in [0.15, 0.2) is 48.5 Å². The lowest BCUT2D eigenvalue weighted by atomic mass is 10.1. The molecule has 0 aliphatic carbocycles. The quantitative estimate of drug-likeness (QED) is 0.525. The number of thiazole rings is 1. The molecule has 0 aliphatic rings. The first-order valence-electron chi connectivity index (χ1n) is 9.23. The highest BCUT2D eigenvalue weighted by Crippen LogP contribution is 2.29. The second-order valence-corrected chi connectivity index (χ2v) is 7.35. The fourth-order valence-corrected chi connectivity index (χ4v) is 4.01. The summed E-state index contributed by atoms with van der Waals surface area (Å²) in [5.74, 6) is -0.282. The van der Waals surface area contributed by atoms with Crippen LogP contribution in [0.3, 0.4) is 0 Å². The molecule has 2 aromatic carbocycles. The Morgan fingerprint density at radius 2 is 1.79 bits per heavy atom. The Morgan fingerprint density at radius 1 is 1.07 bits per heavy atom. The van der Waals surface area contributed by atoms with E-state index < -0.39 is 0 Å². The third-order valence-electron chi connectivity index (χ3n) is 4.60. The Kier molecular flexibility index (Phi) is 8.35. The molecular weight excluding hydrogens is 397 g/mol. The summed E-state index contributed by atoms with van der Waals surface area (Å²) < 4.78 is 14.3. The Balaban J connectivity index is 0.00000280. The summed E-state index contributed by atoms with van der Waals surface area (Å²) in [6.45, 7) is 7.43. The van der Waals surface area contributed by atoms with E-state index in [0.29, 0.717) is 18.1 Å². The third-order valence-corrected chi connectivity index (χ3v) is 5.64. The second kappa shape index (κ2) is 10.5. The molecule has 1 amide bonds. The molecule has 3 aromatic rings. The van der Waals surface area contributed by atoms with Crippen molar-refractivity contribution in [2.75, 3.05) is 31.1 Å². The van der Waals surface area contributed by atoms with Gasteiger partial charge < -0.3 is 4.90 Å². The summed E-state index contributed by atoms with van der Waals surface area (Å²) >= 11 is 1.36. The maximum absolute atomic E-state index is 13.5. The summed E-state index contributed by atoms with van der Waals surface area (Å²) in [4.78, 5) is 21.6. The van der Waals surface area contributed by atoms with Gasteiger partial charge in [0.25, 0.3) is 0 Å². The number of benzene rings is 2. The molecule has 0 radical (unpaired) electrons. The van der Waals surface area contributed by atoms with Gasteiger partial charge in [0.15, 0.2) is 5.13 Å². The van der Waals surface area contributed by atoms with Crippen molar-refractivity contribution >= 4 is 45.0 Å². The molecule has 0 saturated carbocycles.